The van der Waals surface area contributed by atoms with E-state index in [0.29, 0.717) is 16.9 Å². The van der Waals surface area contributed by atoms with Gasteiger partial charge in [0.25, 0.3) is 0 Å². The van der Waals surface area contributed by atoms with Crippen LogP contribution >= 0.6 is 0 Å². The first-order valence-corrected chi connectivity index (χ1v) is 8.51. The molecular formula is C22H18FN5. The summed E-state index contributed by atoms with van der Waals surface area (Å²) in [5.41, 5.74) is 12.7. The van der Waals surface area contributed by atoms with Crippen molar-refractivity contribution in [2.75, 3.05) is 5.43 Å². The quantitative estimate of drug-likeness (QED) is 0.200. The van der Waals surface area contributed by atoms with Gasteiger partial charge in [0.15, 0.2) is 0 Å². The molecule has 0 saturated carbocycles. The Bertz CT molecular complexity index is 1090. The molecule has 3 aromatic carbocycles. The zero-order valence-corrected chi connectivity index (χ0v) is 15.2. The molecule has 28 heavy (non-hydrogen) atoms. The van der Waals surface area contributed by atoms with Crippen LogP contribution in [0.2, 0.25) is 0 Å². The molecule has 0 aliphatic heterocycles. The molecule has 0 amide bonds. The zero-order valence-electron chi connectivity index (χ0n) is 15.2. The fourth-order valence-electron chi connectivity index (χ4n) is 2.43. The highest BCUT2D eigenvalue weighted by Gasteiger charge is 2.02. The van der Waals surface area contributed by atoms with Gasteiger partial charge in [0.1, 0.15) is 11.7 Å². The minimum absolute atomic E-state index is 0.0124. The molecule has 0 radical (unpaired) electrons. The van der Waals surface area contributed by atoms with Crippen molar-refractivity contribution in [2.24, 2.45) is 16.1 Å². The highest BCUT2D eigenvalue weighted by molar-refractivity contribution is 5.95. The summed E-state index contributed by atoms with van der Waals surface area (Å²) in [4.78, 5) is 0. The van der Waals surface area contributed by atoms with E-state index in [1.807, 2.05) is 31.2 Å². The van der Waals surface area contributed by atoms with Gasteiger partial charge < -0.3 is 5.73 Å². The van der Waals surface area contributed by atoms with Crippen molar-refractivity contribution in [3.05, 3.63) is 94.8 Å². The zero-order chi connectivity index (χ0) is 19.9. The van der Waals surface area contributed by atoms with E-state index in [2.05, 4.69) is 27.6 Å². The van der Waals surface area contributed by atoms with Gasteiger partial charge in [0, 0.05) is 16.7 Å². The molecular weight excluding hydrogens is 353 g/mol. The lowest BCUT2D eigenvalue weighted by Gasteiger charge is -2.04. The second-order valence-electron chi connectivity index (χ2n) is 6.03. The number of nitrogens with zero attached hydrogens (tertiary/aromatic N) is 2. The van der Waals surface area contributed by atoms with E-state index in [1.165, 1.54) is 12.1 Å². The molecule has 138 valence electrons. The van der Waals surface area contributed by atoms with E-state index in [0.717, 1.165) is 16.7 Å². The fraction of sp³-hybridized carbons (Fsp3) is 0.0455. The molecule has 0 spiro atoms. The van der Waals surface area contributed by atoms with Crippen LogP contribution in [0.25, 0.3) is 0 Å². The fourth-order valence-corrected chi connectivity index (χ4v) is 2.43. The minimum Gasteiger partial charge on any atom is -0.384 e. The van der Waals surface area contributed by atoms with Crippen molar-refractivity contribution in [3.8, 4) is 11.8 Å². The van der Waals surface area contributed by atoms with Crippen LogP contribution in [0.15, 0.2) is 77.1 Å². The average molecular weight is 371 g/mol. The topological polar surface area (TPSA) is 86.6 Å². The molecule has 5 nitrogen and oxygen atoms in total. The summed E-state index contributed by atoms with van der Waals surface area (Å²) in [5.74, 6) is 5.78. The second kappa shape index (κ2) is 8.60. The third-order valence-corrected chi connectivity index (χ3v) is 3.95. The van der Waals surface area contributed by atoms with Crippen molar-refractivity contribution in [3.63, 3.8) is 0 Å². The molecule has 0 aliphatic rings. The van der Waals surface area contributed by atoms with Gasteiger partial charge in [-0.15, -0.1) is 5.11 Å². The molecule has 0 unspecified atom stereocenters. The number of halogens is 1. The van der Waals surface area contributed by atoms with E-state index >= 15 is 0 Å². The first-order chi connectivity index (χ1) is 13.5. The summed E-state index contributed by atoms with van der Waals surface area (Å²) in [6.45, 7) is 1.88. The third kappa shape index (κ3) is 4.80. The van der Waals surface area contributed by atoms with E-state index < -0.39 is 0 Å². The Morgan fingerprint density at radius 2 is 1.79 bits per heavy atom. The van der Waals surface area contributed by atoms with Gasteiger partial charge in [-0.1, -0.05) is 29.2 Å². The van der Waals surface area contributed by atoms with Crippen LogP contribution in [0.5, 0.6) is 0 Å². The standard InChI is InChI=1S/C22H18FN5/c1-15-14-18(22(24)25)10-13-20(15)26-28-27-21-5-3-2-4-17(21)9-6-16-7-11-19(23)12-8-16/h2-5,7-8,10-14H,1H3,(H3,24,25)(H,26,27). The molecule has 3 rings (SSSR count). The lowest BCUT2D eigenvalue weighted by Crippen LogP contribution is -2.10. The molecule has 0 saturated heterocycles. The van der Waals surface area contributed by atoms with Crippen LogP contribution < -0.4 is 11.2 Å². The molecule has 0 aliphatic carbocycles. The summed E-state index contributed by atoms with van der Waals surface area (Å²) in [6.07, 6.45) is 0. The lowest BCUT2D eigenvalue weighted by molar-refractivity contribution is 0.627. The first kappa shape index (κ1) is 18.8. The van der Waals surface area contributed by atoms with E-state index in [-0.39, 0.29) is 11.7 Å². The Hall–Kier alpha value is -3.98. The average Bonchev–Trinajstić information content (AvgIpc) is 2.69. The lowest BCUT2D eigenvalue weighted by atomic mass is 10.1. The Kier molecular flexibility index (Phi) is 5.78. The molecule has 0 aromatic heterocycles. The summed E-state index contributed by atoms with van der Waals surface area (Å²) in [5, 5.41) is 15.7. The molecule has 0 bridgehead atoms. The number of para-hydroxylation sites is 1. The highest BCUT2D eigenvalue weighted by atomic mass is 19.1. The molecule has 0 fully saturated rings. The van der Waals surface area contributed by atoms with Crippen LogP contribution in [0.3, 0.4) is 0 Å². The van der Waals surface area contributed by atoms with E-state index in [1.54, 1.807) is 30.3 Å². The maximum Gasteiger partial charge on any atom is 0.123 e. The van der Waals surface area contributed by atoms with Crippen LogP contribution in [-0.4, -0.2) is 5.84 Å². The smallest absolute Gasteiger partial charge is 0.123 e. The molecule has 4 N–H and O–H groups in total. The summed E-state index contributed by atoms with van der Waals surface area (Å²) in [7, 11) is 0. The number of amidine groups is 1. The predicted octanol–water partition coefficient (Wildman–Crippen LogP) is 4.93. The van der Waals surface area contributed by atoms with Gasteiger partial charge >= 0.3 is 0 Å². The maximum atomic E-state index is 13.0. The SMILES string of the molecule is Cc1cc(C(=N)N)ccc1/N=N/Nc1ccccc1C#Cc1ccc(F)cc1. The van der Waals surface area contributed by atoms with Crippen LogP contribution in [0.1, 0.15) is 22.3 Å². The van der Waals surface area contributed by atoms with Crippen LogP contribution in [0, 0.1) is 30.0 Å². The molecule has 3 aromatic rings. The number of rotatable bonds is 4. The number of nitrogens with one attached hydrogen (secondary N) is 2. The van der Waals surface area contributed by atoms with Crippen molar-refractivity contribution >= 4 is 17.2 Å². The van der Waals surface area contributed by atoms with Gasteiger partial charge in [-0.3, -0.25) is 10.8 Å². The predicted molar refractivity (Wildman–Crippen MR) is 109 cm³/mol. The van der Waals surface area contributed by atoms with Crippen LogP contribution in [-0.2, 0) is 0 Å². The molecule has 0 heterocycles. The Morgan fingerprint density at radius 3 is 2.50 bits per heavy atom. The number of anilines is 1. The largest absolute Gasteiger partial charge is 0.384 e. The summed E-state index contributed by atoms with van der Waals surface area (Å²) >= 11 is 0. The van der Waals surface area contributed by atoms with Gasteiger partial charge in [-0.2, -0.15) is 0 Å². The molecule has 6 heteroatoms. The monoisotopic (exact) mass is 371 g/mol. The number of hydrogen-bond donors (Lipinski definition) is 3. The van der Waals surface area contributed by atoms with Gasteiger partial charge in [-0.25, -0.2) is 4.39 Å². The van der Waals surface area contributed by atoms with Crippen molar-refractivity contribution in [1.29, 1.82) is 5.41 Å². The Morgan fingerprint density at radius 1 is 1.04 bits per heavy atom. The maximum absolute atomic E-state index is 13.0. The second-order valence-corrected chi connectivity index (χ2v) is 6.03. The number of aryl methyl sites for hydroxylation is 1. The number of nitrogens with two attached hydrogens (primary N) is 1. The third-order valence-electron chi connectivity index (χ3n) is 3.95. The first-order valence-electron chi connectivity index (χ1n) is 8.51. The summed E-state index contributed by atoms with van der Waals surface area (Å²) < 4.78 is 13.0. The normalized spacial score (nSPS) is 10.4. The van der Waals surface area contributed by atoms with Gasteiger partial charge in [-0.05, 0) is 67.1 Å². The highest BCUT2D eigenvalue weighted by Crippen LogP contribution is 2.21. The number of hydrogen-bond acceptors (Lipinski definition) is 3. The Balaban J connectivity index is 1.76. The van der Waals surface area contributed by atoms with Gasteiger partial charge in [0.2, 0.25) is 0 Å². The van der Waals surface area contributed by atoms with Gasteiger partial charge in [0.05, 0.1) is 11.4 Å². The van der Waals surface area contributed by atoms with Crippen molar-refractivity contribution in [2.45, 2.75) is 6.92 Å². The van der Waals surface area contributed by atoms with E-state index in [4.69, 9.17) is 11.1 Å². The van der Waals surface area contributed by atoms with E-state index in [9.17, 15) is 4.39 Å². The number of benzene rings is 3. The molecule has 0 atom stereocenters. The van der Waals surface area contributed by atoms with Crippen LogP contribution in [0.4, 0.5) is 15.8 Å². The number of nitrogen functional groups attached to an aromatic ring is 1. The van der Waals surface area contributed by atoms with Crippen molar-refractivity contribution < 1.29 is 4.39 Å². The van der Waals surface area contributed by atoms with Crippen molar-refractivity contribution in [1.82, 2.24) is 0 Å². The minimum atomic E-state index is -0.292. The summed E-state index contributed by atoms with van der Waals surface area (Å²) in [6, 6.07) is 18.7. The Labute approximate surface area is 162 Å².